The van der Waals surface area contributed by atoms with Gasteiger partial charge in [0.2, 0.25) is 0 Å². The van der Waals surface area contributed by atoms with E-state index in [1.165, 1.54) is 19.2 Å². The molecule has 5 nitrogen and oxygen atoms in total. The quantitative estimate of drug-likeness (QED) is 0.456. The molecule has 1 aliphatic rings. The van der Waals surface area contributed by atoms with E-state index in [2.05, 4.69) is 4.74 Å². The number of hydrogen-bond acceptors (Lipinski definition) is 4. The first-order valence-corrected chi connectivity index (χ1v) is 5.93. The van der Waals surface area contributed by atoms with Crippen molar-refractivity contribution in [1.29, 1.82) is 0 Å². The van der Waals surface area contributed by atoms with Crippen molar-refractivity contribution in [3.63, 3.8) is 0 Å². The van der Waals surface area contributed by atoms with Crippen molar-refractivity contribution in [2.75, 3.05) is 7.11 Å². The molecule has 2 unspecified atom stereocenters. The lowest BCUT2D eigenvalue weighted by molar-refractivity contribution is -0.384. The second-order valence-electron chi connectivity index (χ2n) is 4.59. The zero-order valence-corrected chi connectivity index (χ0v) is 10.2. The monoisotopic (exact) mass is 249 g/mol. The third-order valence-electron chi connectivity index (χ3n) is 3.38. The summed E-state index contributed by atoms with van der Waals surface area (Å²) < 4.78 is 4.68. The van der Waals surface area contributed by atoms with E-state index in [4.69, 9.17) is 0 Å². The summed E-state index contributed by atoms with van der Waals surface area (Å²) in [5.41, 5.74) is 1.17. The molecule has 1 aromatic rings. The van der Waals surface area contributed by atoms with Gasteiger partial charge in [-0.1, -0.05) is 12.1 Å². The van der Waals surface area contributed by atoms with Crippen LogP contribution in [0.3, 0.4) is 0 Å². The molecule has 0 aromatic heterocycles. The van der Waals surface area contributed by atoms with Crippen LogP contribution in [0.25, 0.3) is 0 Å². The zero-order chi connectivity index (χ0) is 13.1. The zero-order valence-electron chi connectivity index (χ0n) is 10.2. The van der Waals surface area contributed by atoms with Gasteiger partial charge in [-0.3, -0.25) is 14.9 Å². The van der Waals surface area contributed by atoms with E-state index < -0.39 is 4.92 Å². The molecule has 0 spiro atoms. The molecule has 96 valence electrons. The van der Waals surface area contributed by atoms with Crippen LogP contribution in [0.1, 0.15) is 18.4 Å². The number of nitro benzene ring substituents is 1. The van der Waals surface area contributed by atoms with Gasteiger partial charge >= 0.3 is 5.97 Å². The average Bonchev–Trinajstić information content (AvgIpc) is 3.15. The Morgan fingerprint density at radius 3 is 2.67 bits per heavy atom. The Morgan fingerprint density at radius 1 is 1.44 bits per heavy atom. The van der Waals surface area contributed by atoms with Crippen molar-refractivity contribution in [3.8, 4) is 0 Å². The fourth-order valence-electron chi connectivity index (χ4n) is 2.14. The maximum atomic E-state index is 11.2. The van der Waals surface area contributed by atoms with Gasteiger partial charge < -0.3 is 4.74 Å². The SMILES string of the molecule is COC(=O)C1CC1CCc1ccc([N+](=O)[O-])cc1. The van der Waals surface area contributed by atoms with Crippen molar-refractivity contribution in [3.05, 3.63) is 39.9 Å². The highest BCUT2D eigenvalue weighted by atomic mass is 16.6. The molecular weight excluding hydrogens is 234 g/mol. The Bertz CT molecular complexity index is 455. The smallest absolute Gasteiger partial charge is 0.308 e. The lowest BCUT2D eigenvalue weighted by Gasteiger charge is -2.01. The summed E-state index contributed by atoms with van der Waals surface area (Å²) in [6.07, 6.45) is 2.67. The number of aryl methyl sites for hydroxylation is 1. The molecule has 5 heteroatoms. The maximum absolute atomic E-state index is 11.2. The number of nitro groups is 1. The van der Waals surface area contributed by atoms with E-state index in [-0.39, 0.29) is 17.6 Å². The van der Waals surface area contributed by atoms with Gasteiger partial charge in [0.05, 0.1) is 18.0 Å². The van der Waals surface area contributed by atoms with Crippen LogP contribution in [0.4, 0.5) is 5.69 Å². The number of carbonyl (C=O) groups is 1. The van der Waals surface area contributed by atoms with Gasteiger partial charge in [-0.25, -0.2) is 0 Å². The molecule has 0 radical (unpaired) electrons. The molecule has 0 heterocycles. The Kier molecular flexibility index (Phi) is 3.60. The van der Waals surface area contributed by atoms with Gasteiger partial charge in [0.1, 0.15) is 0 Å². The first kappa shape index (κ1) is 12.5. The van der Waals surface area contributed by atoms with Crippen LogP contribution in [0, 0.1) is 22.0 Å². The van der Waals surface area contributed by atoms with E-state index >= 15 is 0 Å². The Morgan fingerprint density at radius 2 is 2.11 bits per heavy atom. The highest BCUT2D eigenvalue weighted by Gasteiger charge is 2.43. The summed E-state index contributed by atoms with van der Waals surface area (Å²) >= 11 is 0. The highest BCUT2D eigenvalue weighted by Crippen LogP contribution is 2.42. The molecule has 0 aliphatic heterocycles. The maximum Gasteiger partial charge on any atom is 0.308 e. The molecule has 1 aromatic carbocycles. The summed E-state index contributed by atoms with van der Waals surface area (Å²) in [6.45, 7) is 0. The number of hydrogen-bond donors (Lipinski definition) is 0. The van der Waals surface area contributed by atoms with E-state index in [0.29, 0.717) is 5.92 Å². The molecule has 1 saturated carbocycles. The number of non-ortho nitro benzene ring substituents is 1. The normalized spacial score (nSPS) is 21.4. The van der Waals surface area contributed by atoms with Gasteiger partial charge in [0, 0.05) is 12.1 Å². The number of nitrogens with zero attached hydrogens (tertiary/aromatic N) is 1. The summed E-state index contributed by atoms with van der Waals surface area (Å²) in [5, 5.41) is 10.5. The second-order valence-corrected chi connectivity index (χ2v) is 4.59. The van der Waals surface area contributed by atoms with Gasteiger partial charge in [0.15, 0.2) is 0 Å². The fraction of sp³-hybridized carbons (Fsp3) is 0.462. The summed E-state index contributed by atoms with van der Waals surface area (Å²) in [5.74, 6) is 0.351. The van der Waals surface area contributed by atoms with Crippen LogP contribution < -0.4 is 0 Å². The van der Waals surface area contributed by atoms with E-state index in [0.717, 1.165) is 24.8 Å². The number of methoxy groups -OCH3 is 1. The molecule has 2 rings (SSSR count). The number of carbonyl (C=O) groups excluding carboxylic acids is 1. The summed E-state index contributed by atoms with van der Waals surface area (Å²) in [4.78, 5) is 21.3. The van der Waals surface area contributed by atoms with Gasteiger partial charge in [-0.05, 0) is 30.7 Å². The van der Waals surface area contributed by atoms with Crippen molar-refractivity contribution in [2.24, 2.45) is 11.8 Å². The molecule has 2 atom stereocenters. The number of ether oxygens (including phenoxy) is 1. The Labute approximate surface area is 105 Å². The molecule has 0 saturated heterocycles. The lowest BCUT2D eigenvalue weighted by Crippen LogP contribution is -2.04. The van der Waals surface area contributed by atoms with Crippen molar-refractivity contribution < 1.29 is 14.5 Å². The molecule has 0 N–H and O–H groups in total. The standard InChI is InChI=1S/C13H15NO4/c1-18-13(15)12-8-10(12)5-2-9-3-6-11(7-4-9)14(16)17/h3-4,6-7,10,12H,2,5,8H2,1H3. The largest absolute Gasteiger partial charge is 0.469 e. The van der Waals surface area contributed by atoms with Crippen LogP contribution >= 0.6 is 0 Å². The Balaban J connectivity index is 1.81. The van der Waals surface area contributed by atoms with Crippen LogP contribution in [0.5, 0.6) is 0 Å². The number of benzene rings is 1. The number of rotatable bonds is 5. The topological polar surface area (TPSA) is 69.4 Å². The fourth-order valence-corrected chi connectivity index (χ4v) is 2.14. The first-order chi connectivity index (χ1) is 8.61. The molecule has 0 amide bonds. The average molecular weight is 249 g/mol. The first-order valence-electron chi connectivity index (χ1n) is 5.93. The summed E-state index contributed by atoms with van der Waals surface area (Å²) in [7, 11) is 1.41. The molecule has 18 heavy (non-hydrogen) atoms. The third-order valence-corrected chi connectivity index (χ3v) is 3.38. The van der Waals surface area contributed by atoms with E-state index in [1.54, 1.807) is 12.1 Å². The van der Waals surface area contributed by atoms with Crippen molar-refractivity contribution >= 4 is 11.7 Å². The predicted octanol–water partition coefficient (Wildman–Crippen LogP) is 2.34. The third kappa shape index (κ3) is 2.85. The van der Waals surface area contributed by atoms with Gasteiger partial charge in [0.25, 0.3) is 5.69 Å². The molecule has 0 bridgehead atoms. The van der Waals surface area contributed by atoms with Crippen LogP contribution in [-0.4, -0.2) is 18.0 Å². The van der Waals surface area contributed by atoms with E-state index in [1.807, 2.05) is 0 Å². The molecule has 1 fully saturated rings. The number of esters is 1. The van der Waals surface area contributed by atoms with Crippen LogP contribution in [0.2, 0.25) is 0 Å². The van der Waals surface area contributed by atoms with Crippen molar-refractivity contribution in [1.82, 2.24) is 0 Å². The Hall–Kier alpha value is -1.91. The second kappa shape index (κ2) is 5.16. The highest BCUT2D eigenvalue weighted by molar-refractivity contribution is 5.75. The minimum absolute atomic E-state index is 0.0630. The van der Waals surface area contributed by atoms with Gasteiger partial charge in [-0.15, -0.1) is 0 Å². The molecule has 1 aliphatic carbocycles. The minimum atomic E-state index is -0.405. The van der Waals surface area contributed by atoms with Crippen LogP contribution in [0.15, 0.2) is 24.3 Å². The van der Waals surface area contributed by atoms with E-state index in [9.17, 15) is 14.9 Å². The molecular formula is C13H15NO4. The minimum Gasteiger partial charge on any atom is -0.469 e. The lowest BCUT2D eigenvalue weighted by atomic mass is 10.1. The van der Waals surface area contributed by atoms with Crippen LogP contribution in [-0.2, 0) is 16.0 Å². The summed E-state index contributed by atoms with van der Waals surface area (Å²) in [6, 6.07) is 6.57. The van der Waals surface area contributed by atoms with Gasteiger partial charge in [-0.2, -0.15) is 0 Å². The van der Waals surface area contributed by atoms with Crippen molar-refractivity contribution in [2.45, 2.75) is 19.3 Å². The predicted molar refractivity (Wildman–Crippen MR) is 65.0 cm³/mol.